The minimum Gasteiger partial charge on any atom is -0.456 e. The van der Waals surface area contributed by atoms with Gasteiger partial charge in [-0.1, -0.05) is 77.9 Å². The first kappa shape index (κ1) is 24.2. The van der Waals surface area contributed by atoms with Gasteiger partial charge in [0.2, 0.25) is 0 Å². The molecule has 2 aromatic heterocycles. The van der Waals surface area contributed by atoms with Gasteiger partial charge >= 0.3 is 0 Å². The van der Waals surface area contributed by atoms with Crippen molar-refractivity contribution in [1.82, 2.24) is 4.98 Å². The van der Waals surface area contributed by atoms with Gasteiger partial charge in [0, 0.05) is 28.1 Å². The third-order valence-corrected chi connectivity index (χ3v) is 7.90. The van der Waals surface area contributed by atoms with Crippen molar-refractivity contribution in [3.63, 3.8) is 0 Å². The van der Waals surface area contributed by atoms with E-state index >= 15 is 0 Å². The lowest BCUT2D eigenvalue weighted by Crippen LogP contribution is -2.12. The quantitative estimate of drug-likeness (QED) is 0.216. The van der Waals surface area contributed by atoms with E-state index in [-0.39, 0.29) is 10.8 Å². The van der Waals surface area contributed by atoms with Crippen molar-refractivity contribution in [3.05, 3.63) is 77.5 Å². The van der Waals surface area contributed by atoms with E-state index in [2.05, 4.69) is 97.0 Å². The number of furan rings is 1. The van der Waals surface area contributed by atoms with Gasteiger partial charge in [0.1, 0.15) is 22.7 Å². The summed E-state index contributed by atoms with van der Waals surface area (Å²) in [6.45, 7) is 15.9. The highest BCUT2D eigenvalue weighted by atomic mass is 16.5. The van der Waals surface area contributed by atoms with Crippen molar-refractivity contribution in [2.75, 3.05) is 0 Å². The lowest BCUT2D eigenvalue weighted by Gasteiger charge is -2.28. The van der Waals surface area contributed by atoms with Crippen LogP contribution in [0.15, 0.2) is 65.2 Å². The molecule has 3 heterocycles. The number of benzene rings is 4. The summed E-state index contributed by atoms with van der Waals surface area (Å²) in [5.74, 6) is 1.78. The molecule has 1 aliphatic heterocycles. The molecular weight excluding hydrogens is 478 g/mol. The predicted molar refractivity (Wildman–Crippen MR) is 163 cm³/mol. The lowest BCUT2D eigenvalue weighted by atomic mass is 9.83. The van der Waals surface area contributed by atoms with Crippen molar-refractivity contribution in [2.24, 2.45) is 10.8 Å². The molecule has 0 N–H and O–H groups in total. The highest BCUT2D eigenvalue weighted by Crippen LogP contribution is 2.54. The molecule has 0 unspecified atom stereocenters. The summed E-state index contributed by atoms with van der Waals surface area (Å²) in [5.41, 5.74) is 7.85. The highest BCUT2D eigenvalue weighted by molar-refractivity contribution is 6.18. The molecule has 0 fully saturated rings. The molecule has 0 spiro atoms. The summed E-state index contributed by atoms with van der Waals surface area (Å²) < 4.78 is 13.5. The van der Waals surface area contributed by atoms with Crippen LogP contribution in [0.3, 0.4) is 0 Å². The number of para-hydroxylation sites is 1. The SMILES string of the molecule is Cc1c2c(c(CC(C)(C)C)c3oc4ccccc4c13)Oc1cc3cc(CC(C)(C)C)ccc3c3ccnc-2c13. The molecule has 3 heteroatoms. The van der Waals surface area contributed by atoms with E-state index in [4.69, 9.17) is 14.1 Å². The number of rotatable bonds is 2. The van der Waals surface area contributed by atoms with Crippen LogP contribution in [0.25, 0.3) is 54.7 Å². The van der Waals surface area contributed by atoms with Crippen LogP contribution in [-0.2, 0) is 12.8 Å². The van der Waals surface area contributed by atoms with Crippen molar-refractivity contribution < 1.29 is 9.15 Å². The highest BCUT2D eigenvalue weighted by Gasteiger charge is 2.32. The standard InChI is InChI=1S/C36H35NO2/c1-20-29-25-10-8-9-11-27(25)38-33(29)26(19-36(5,6)7)34-30(20)32-31-24(14-15-37-32)23-13-12-21(18-35(2,3)4)16-22(23)17-28(31)39-34/h8-17H,18-19H2,1-7H3. The number of hydrogen-bond acceptors (Lipinski definition) is 3. The van der Waals surface area contributed by atoms with Crippen LogP contribution in [0.5, 0.6) is 11.5 Å². The number of fused-ring (bicyclic) bond motifs is 7. The van der Waals surface area contributed by atoms with Crippen molar-refractivity contribution in [3.8, 4) is 22.8 Å². The summed E-state index contributed by atoms with van der Waals surface area (Å²) in [6.07, 6.45) is 3.82. The monoisotopic (exact) mass is 513 g/mol. The van der Waals surface area contributed by atoms with Crippen molar-refractivity contribution in [1.29, 1.82) is 0 Å². The third kappa shape index (κ3) is 3.82. The maximum atomic E-state index is 6.96. The Morgan fingerprint density at radius 3 is 2.31 bits per heavy atom. The average molecular weight is 514 g/mol. The first-order valence-corrected chi connectivity index (χ1v) is 14.0. The molecule has 0 bridgehead atoms. The second-order valence-electron chi connectivity index (χ2n) is 13.7. The molecule has 39 heavy (non-hydrogen) atoms. The van der Waals surface area contributed by atoms with Crippen LogP contribution in [-0.4, -0.2) is 4.98 Å². The number of hydrogen-bond donors (Lipinski definition) is 0. The second-order valence-corrected chi connectivity index (χ2v) is 13.7. The summed E-state index contributed by atoms with van der Waals surface area (Å²) in [7, 11) is 0. The molecule has 7 rings (SSSR count). The molecular formula is C36H35NO2. The van der Waals surface area contributed by atoms with E-state index in [0.717, 1.165) is 68.7 Å². The van der Waals surface area contributed by atoms with E-state index in [9.17, 15) is 0 Å². The van der Waals surface area contributed by atoms with E-state index in [1.807, 2.05) is 12.3 Å². The Kier molecular flexibility index (Phi) is 5.02. The Bertz CT molecular complexity index is 1960. The van der Waals surface area contributed by atoms with Gasteiger partial charge in [-0.25, -0.2) is 0 Å². The van der Waals surface area contributed by atoms with Gasteiger partial charge in [0.05, 0.1) is 11.1 Å². The van der Waals surface area contributed by atoms with Gasteiger partial charge in [-0.05, 0) is 76.1 Å². The fraction of sp³-hybridized carbons (Fsp3) is 0.306. The fourth-order valence-electron chi connectivity index (χ4n) is 6.50. The van der Waals surface area contributed by atoms with Crippen LogP contribution in [0.1, 0.15) is 58.2 Å². The number of aromatic nitrogens is 1. The van der Waals surface area contributed by atoms with Crippen LogP contribution < -0.4 is 4.74 Å². The molecule has 0 saturated heterocycles. The van der Waals surface area contributed by atoms with Gasteiger partial charge in [-0.3, -0.25) is 4.98 Å². The lowest BCUT2D eigenvalue weighted by molar-refractivity contribution is 0.397. The second kappa shape index (κ2) is 8.08. The average Bonchev–Trinajstić information content (AvgIpc) is 3.25. The minimum absolute atomic E-state index is 0.0449. The molecule has 0 radical (unpaired) electrons. The zero-order valence-electron chi connectivity index (χ0n) is 24.0. The number of nitrogens with zero attached hydrogens (tertiary/aromatic N) is 1. The molecule has 1 aliphatic rings. The van der Waals surface area contributed by atoms with Crippen molar-refractivity contribution in [2.45, 2.75) is 61.3 Å². The van der Waals surface area contributed by atoms with Gasteiger partial charge in [-0.2, -0.15) is 0 Å². The molecule has 4 aromatic carbocycles. The van der Waals surface area contributed by atoms with E-state index in [0.29, 0.717) is 0 Å². The first-order valence-electron chi connectivity index (χ1n) is 14.0. The Morgan fingerprint density at radius 1 is 0.769 bits per heavy atom. The minimum atomic E-state index is 0.0449. The Balaban J connectivity index is 1.57. The summed E-state index contributed by atoms with van der Waals surface area (Å²) in [4.78, 5) is 5.01. The zero-order valence-corrected chi connectivity index (χ0v) is 24.0. The van der Waals surface area contributed by atoms with Gasteiger partial charge in [-0.15, -0.1) is 0 Å². The molecule has 0 aliphatic carbocycles. The van der Waals surface area contributed by atoms with E-state index in [1.165, 1.54) is 27.1 Å². The molecule has 3 nitrogen and oxygen atoms in total. The fourth-order valence-corrected chi connectivity index (χ4v) is 6.50. The van der Waals surface area contributed by atoms with Crippen LogP contribution in [0, 0.1) is 17.8 Å². The van der Waals surface area contributed by atoms with Crippen LogP contribution in [0.4, 0.5) is 0 Å². The van der Waals surface area contributed by atoms with Crippen molar-refractivity contribution >= 4 is 43.5 Å². The molecule has 0 amide bonds. The number of aryl methyl sites for hydroxylation is 1. The third-order valence-electron chi connectivity index (χ3n) is 7.90. The maximum absolute atomic E-state index is 6.96. The van der Waals surface area contributed by atoms with Gasteiger partial charge in [0.25, 0.3) is 0 Å². The predicted octanol–water partition coefficient (Wildman–Crippen LogP) is 10.5. The van der Waals surface area contributed by atoms with Gasteiger partial charge < -0.3 is 9.15 Å². The zero-order chi connectivity index (χ0) is 27.3. The van der Waals surface area contributed by atoms with Crippen LogP contribution >= 0.6 is 0 Å². The Morgan fingerprint density at radius 2 is 1.54 bits per heavy atom. The number of ether oxygens (including phenoxy) is 1. The summed E-state index contributed by atoms with van der Waals surface area (Å²) >= 11 is 0. The van der Waals surface area contributed by atoms with E-state index in [1.54, 1.807) is 0 Å². The smallest absolute Gasteiger partial charge is 0.144 e. The van der Waals surface area contributed by atoms with Crippen LogP contribution in [0.2, 0.25) is 0 Å². The summed E-state index contributed by atoms with van der Waals surface area (Å²) in [5, 5.41) is 7.04. The number of pyridine rings is 1. The normalized spacial score (nSPS) is 13.4. The largest absolute Gasteiger partial charge is 0.456 e. The molecule has 0 atom stereocenters. The first-order chi connectivity index (χ1) is 18.5. The summed E-state index contributed by atoms with van der Waals surface area (Å²) in [6, 6.07) is 19.6. The molecule has 196 valence electrons. The Labute approximate surface area is 229 Å². The maximum Gasteiger partial charge on any atom is 0.144 e. The molecule has 6 aromatic rings. The topological polar surface area (TPSA) is 35.3 Å². The van der Waals surface area contributed by atoms with Gasteiger partial charge in [0.15, 0.2) is 0 Å². The Hall–Kier alpha value is -3.85. The van der Waals surface area contributed by atoms with E-state index < -0.39 is 0 Å². The molecule has 0 saturated carbocycles.